The number of carbonyl (C=O) groups excluding carboxylic acids is 1. The van der Waals surface area contributed by atoms with E-state index in [-0.39, 0.29) is 10.9 Å². The molecule has 2 aromatic carbocycles. The number of aromatic nitrogens is 1. The number of fused-ring (bicyclic) bond motifs is 1. The van der Waals surface area contributed by atoms with Crippen LogP contribution >= 0.6 is 11.6 Å². The predicted octanol–water partition coefficient (Wildman–Crippen LogP) is 6.24. The SMILES string of the molecule is O=C(c1cccnc1)N1CCCCCCCNCc2cc(-c3ccc(Cl)c(F)c3)ccc21. The molecule has 0 bridgehead atoms. The van der Waals surface area contributed by atoms with Crippen LogP contribution in [0.5, 0.6) is 0 Å². The Balaban J connectivity index is 1.74. The van der Waals surface area contributed by atoms with Gasteiger partial charge in [0.1, 0.15) is 5.82 Å². The number of halogens is 2. The number of carbonyl (C=O) groups is 1. The van der Waals surface area contributed by atoms with Gasteiger partial charge in [-0.25, -0.2) is 4.39 Å². The average Bonchev–Trinajstić information content (AvgIpc) is 2.81. The fourth-order valence-electron chi connectivity index (χ4n) is 4.10. The Morgan fingerprint density at radius 1 is 1.00 bits per heavy atom. The summed E-state index contributed by atoms with van der Waals surface area (Å²) in [5.41, 5.74) is 4.11. The molecule has 32 heavy (non-hydrogen) atoms. The molecule has 0 saturated carbocycles. The molecular weight excluding hydrogens is 425 g/mol. The van der Waals surface area contributed by atoms with Crippen LogP contribution in [0.2, 0.25) is 5.02 Å². The number of rotatable bonds is 2. The Hall–Kier alpha value is -2.76. The van der Waals surface area contributed by atoms with Crippen LogP contribution in [0.25, 0.3) is 11.1 Å². The smallest absolute Gasteiger partial charge is 0.259 e. The van der Waals surface area contributed by atoms with Crippen molar-refractivity contribution < 1.29 is 9.18 Å². The molecule has 0 spiro atoms. The summed E-state index contributed by atoms with van der Waals surface area (Å²) >= 11 is 5.86. The van der Waals surface area contributed by atoms with Crippen molar-refractivity contribution in [3.05, 3.63) is 82.9 Å². The lowest BCUT2D eigenvalue weighted by atomic mass is 10.00. The average molecular weight is 452 g/mol. The summed E-state index contributed by atoms with van der Waals surface area (Å²) in [4.78, 5) is 19.4. The minimum Gasteiger partial charge on any atom is -0.313 e. The lowest BCUT2D eigenvalue weighted by Crippen LogP contribution is -2.33. The quantitative estimate of drug-likeness (QED) is 0.501. The topological polar surface area (TPSA) is 45.2 Å². The van der Waals surface area contributed by atoms with E-state index >= 15 is 0 Å². The van der Waals surface area contributed by atoms with Crippen LogP contribution in [-0.2, 0) is 6.54 Å². The van der Waals surface area contributed by atoms with Crippen molar-refractivity contribution in [3.8, 4) is 11.1 Å². The van der Waals surface area contributed by atoms with Gasteiger partial charge in [0.2, 0.25) is 0 Å². The summed E-state index contributed by atoms with van der Waals surface area (Å²) < 4.78 is 14.1. The highest BCUT2D eigenvalue weighted by Crippen LogP contribution is 2.31. The number of hydrogen-bond donors (Lipinski definition) is 1. The van der Waals surface area contributed by atoms with Crippen LogP contribution in [0.15, 0.2) is 60.9 Å². The molecule has 1 aliphatic rings. The fraction of sp³-hybridized carbons (Fsp3) is 0.308. The molecule has 6 heteroatoms. The van der Waals surface area contributed by atoms with Gasteiger partial charge in [-0.2, -0.15) is 0 Å². The van der Waals surface area contributed by atoms with Crippen LogP contribution in [-0.4, -0.2) is 24.0 Å². The summed E-state index contributed by atoms with van der Waals surface area (Å²) in [6.45, 7) is 2.21. The van der Waals surface area contributed by atoms with Crippen molar-refractivity contribution in [1.82, 2.24) is 10.3 Å². The largest absolute Gasteiger partial charge is 0.313 e. The third-order valence-corrected chi connectivity index (χ3v) is 6.13. The van der Waals surface area contributed by atoms with Crippen molar-refractivity contribution in [3.63, 3.8) is 0 Å². The number of anilines is 1. The summed E-state index contributed by atoms with van der Waals surface area (Å²) in [5.74, 6) is -0.495. The van der Waals surface area contributed by atoms with Gasteiger partial charge < -0.3 is 10.2 Å². The lowest BCUT2D eigenvalue weighted by Gasteiger charge is -2.27. The molecule has 4 nitrogen and oxygen atoms in total. The molecule has 1 amide bonds. The molecule has 1 aromatic heterocycles. The number of nitrogens with one attached hydrogen (secondary N) is 1. The molecule has 1 N–H and O–H groups in total. The summed E-state index contributed by atoms with van der Waals surface area (Å²) in [7, 11) is 0. The summed E-state index contributed by atoms with van der Waals surface area (Å²) in [6, 6.07) is 14.4. The third kappa shape index (κ3) is 5.34. The molecule has 0 atom stereocenters. The van der Waals surface area contributed by atoms with E-state index in [2.05, 4.69) is 10.3 Å². The van der Waals surface area contributed by atoms with Crippen LogP contribution in [0.3, 0.4) is 0 Å². The molecule has 2 heterocycles. The standard InChI is InChI=1S/C26H27ClFN3O/c27-23-10-8-20(16-24(23)28)19-9-11-25-22(15-19)18-29-12-4-2-1-3-5-14-31(25)26(32)21-7-6-13-30-17-21/h6-11,13,15-17,29H,1-5,12,14,18H2. The molecule has 0 saturated heterocycles. The zero-order valence-electron chi connectivity index (χ0n) is 18.0. The van der Waals surface area contributed by atoms with E-state index in [0.29, 0.717) is 18.7 Å². The number of pyridine rings is 1. The monoisotopic (exact) mass is 451 g/mol. The first-order chi connectivity index (χ1) is 15.6. The van der Waals surface area contributed by atoms with Crippen LogP contribution in [0.4, 0.5) is 10.1 Å². The van der Waals surface area contributed by atoms with Gasteiger partial charge in [-0.05, 0) is 72.5 Å². The molecule has 166 valence electrons. The van der Waals surface area contributed by atoms with Crippen LogP contribution < -0.4 is 10.2 Å². The predicted molar refractivity (Wildman–Crippen MR) is 128 cm³/mol. The maximum Gasteiger partial charge on any atom is 0.259 e. The first kappa shape index (κ1) is 22.4. The van der Waals surface area contributed by atoms with Gasteiger partial charge in [-0.1, -0.05) is 43.0 Å². The Morgan fingerprint density at radius 3 is 2.59 bits per heavy atom. The maximum absolute atomic E-state index is 14.1. The van der Waals surface area contributed by atoms with Gasteiger partial charge in [-0.3, -0.25) is 9.78 Å². The van der Waals surface area contributed by atoms with Crippen molar-refractivity contribution in [1.29, 1.82) is 0 Å². The van der Waals surface area contributed by atoms with Gasteiger partial charge in [-0.15, -0.1) is 0 Å². The van der Waals surface area contributed by atoms with E-state index in [1.165, 1.54) is 18.9 Å². The lowest BCUT2D eigenvalue weighted by molar-refractivity contribution is 0.0986. The molecule has 0 unspecified atom stereocenters. The Labute approximate surface area is 193 Å². The van der Waals surface area contributed by atoms with E-state index in [1.807, 2.05) is 29.2 Å². The first-order valence-electron chi connectivity index (χ1n) is 11.1. The number of nitrogens with zero attached hydrogens (tertiary/aromatic N) is 2. The van der Waals surface area contributed by atoms with Crippen LogP contribution in [0.1, 0.15) is 48.0 Å². The summed E-state index contributed by atoms with van der Waals surface area (Å²) in [6.07, 6.45) is 8.81. The zero-order chi connectivity index (χ0) is 22.3. The van der Waals surface area contributed by atoms with E-state index < -0.39 is 5.82 Å². The zero-order valence-corrected chi connectivity index (χ0v) is 18.7. The molecule has 0 fully saturated rings. The highest BCUT2D eigenvalue weighted by atomic mass is 35.5. The maximum atomic E-state index is 14.1. The van der Waals surface area contributed by atoms with Crippen molar-refractivity contribution in [2.75, 3.05) is 18.0 Å². The normalized spacial score (nSPS) is 15.4. The summed E-state index contributed by atoms with van der Waals surface area (Å²) in [5, 5.41) is 3.62. The van der Waals surface area contributed by atoms with Crippen molar-refractivity contribution >= 4 is 23.2 Å². The molecule has 4 rings (SSSR count). The highest BCUT2D eigenvalue weighted by molar-refractivity contribution is 6.30. The van der Waals surface area contributed by atoms with Gasteiger partial charge >= 0.3 is 0 Å². The first-order valence-corrected chi connectivity index (χ1v) is 11.5. The van der Waals surface area contributed by atoms with E-state index in [0.717, 1.165) is 48.2 Å². The highest BCUT2D eigenvalue weighted by Gasteiger charge is 2.21. The van der Waals surface area contributed by atoms with Crippen LogP contribution in [0, 0.1) is 5.82 Å². The molecule has 1 aliphatic heterocycles. The Morgan fingerprint density at radius 2 is 1.78 bits per heavy atom. The van der Waals surface area contributed by atoms with Gasteiger partial charge in [0.05, 0.1) is 10.6 Å². The molecular formula is C26H27ClFN3O. The third-order valence-electron chi connectivity index (χ3n) is 5.83. The van der Waals surface area contributed by atoms with E-state index in [1.54, 1.807) is 30.6 Å². The fourth-order valence-corrected chi connectivity index (χ4v) is 4.21. The van der Waals surface area contributed by atoms with Gasteiger partial charge in [0.25, 0.3) is 5.91 Å². The number of amides is 1. The number of benzene rings is 2. The molecule has 0 aliphatic carbocycles. The van der Waals surface area contributed by atoms with Crippen molar-refractivity contribution in [2.24, 2.45) is 0 Å². The molecule has 3 aromatic rings. The number of hydrogen-bond acceptors (Lipinski definition) is 3. The minimum atomic E-state index is -0.441. The van der Waals surface area contributed by atoms with Gasteiger partial charge in [0, 0.05) is 31.2 Å². The van der Waals surface area contributed by atoms with Crippen molar-refractivity contribution in [2.45, 2.75) is 38.6 Å². The second-order valence-electron chi connectivity index (χ2n) is 8.12. The second kappa shape index (κ2) is 10.7. The molecule has 0 radical (unpaired) electrons. The van der Waals surface area contributed by atoms with Gasteiger partial charge in [0.15, 0.2) is 0 Å². The Kier molecular flexibility index (Phi) is 7.51. The minimum absolute atomic E-state index is 0.0540. The van der Waals surface area contributed by atoms with E-state index in [9.17, 15) is 9.18 Å². The Bertz CT molecular complexity index is 1070. The van der Waals surface area contributed by atoms with E-state index in [4.69, 9.17) is 11.6 Å². The second-order valence-corrected chi connectivity index (χ2v) is 8.52.